The van der Waals surface area contributed by atoms with Crippen LogP contribution in [-0.4, -0.2) is 20.4 Å². The molecule has 1 aromatic carbocycles. The van der Waals surface area contributed by atoms with Gasteiger partial charge < -0.3 is 4.57 Å². The second-order valence-electron chi connectivity index (χ2n) is 4.93. The van der Waals surface area contributed by atoms with Crippen LogP contribution < -0.4 is 0 Å². The Labute approximate surface area is 127 Å². The van der Waals surface area contributed by atoms with Crippen LogP contribution in [0.5, 0.6) is 0 Å². The summed E-state index contributed by atoms with van der Waals surface area (Å²) in [6.07, 6.45) is 4.16. The van der Waals surface area contributed by atoms with E-state index in [0.717, 1.165) is 22.4 Å². The van der Waals surface area contributed by atoms with E-state index in [1.54, 1.807) is 18.5 Å². The molecule has 108 valence electrons. The Bertz CT molecular complexity index is 755. The van der Waals surface area contributed by atoms with Gasteiger partial charge in [-0.1, -0.05) is 0 Å². The molecule has 0 N–H and O–H groups in total. The first-order chi connectivity index (χ1) is 10.2. The van der Waals surface area contributed by atoms with E-state index in [0.29, 0.717) is 12.3 Å². The minimum Gasteiger partial charge on any atom is -0.321 e. The van der Waals surface area contributed by atoms with E-state index < -0.39 is 0 Å². The van der Waals surface area contributed by atoms with E-state index in [4.69, 9.17) is 11.6 Å². The number of nitrogens with zero attached hydrogens (tertiary/aromatic N) is 3. The zero-order valence-electron chi connectivity index (χ0n) is 11.6. The van der Waals surface area contributed by atoms with Crippen LogP contribution >= 0.6 is 11.6 Å². The van der Waals surface area contributed by atoms with Crippen LogP contribution in [0.4, 0.5) is 4.39 Å². The molecule has 0 saturated heterocycles. The van der Waals surface area contributed by atoms with Gasteiger partial charge in [0.05, 0.1) is 17.1 Å². The van der Waals surface area contributed by atoms with Crippen LogP contribution in [0.15, 0.2) is 42.7 Å². The number of hydrogen-bond acceptors (Lipinski definition) is 2. The number of pyridine rings is 1. The third-order valence-corrected chi connectivity index (χ3v) is 3.81. The zero-order valence-corrected chi connectivity index (χ0v) is 12.4. The summed E-state index contributed by atoms with van der Waals surface area (Å²) in [4.78, 5) is 8.62. The number of halogens is 2. The molecule has 5 heteroatoms. The van der Waals surface area contributed by atoms with Crippen LogP contribution in [0.25, 0.3) is 11.0 Å². The van der Waals surface area contributed by atoms with Crippen molar-refractivity contribution in [2.45, 2.75) is 19.4 Å². The van der Waals surface area contributed by atoms with Gasteiger partial charge in [0.1, 0.15) is 11.6 Å². The second kappa shape index (κ2) is 5.82. The molecule has 21 heavy (non-hydrogen) atoms. The maximum absolute atomic E-state index is 13.6. The molecule has 0 amide bonds. The summed E-state index contributed by atoms with van der Waals surface area (Å²) < 4.78 is 15.7. The predicted molar refractivity (Wildman–Crippen MR) is 82.2 cm³/mol. The molecule has 0 radical (unpaired) electrons. The number of alkyl halides is 1. The van der Waals surface area contributed by atoms with Crippen LogP contribution in [0.1, 0.15) is 24.4 Å². The maximum atomic E-state index is 13.6. The van der Waals surface area contributed by atoms with Crippen molar-refractivity contribution in [3.63, 3.8) is 0 Å². The lowest BCUT2D eigenvalue weighted by Gasteiger charge is -2.17. The highest BCUT2D eigenvalue weighted by Crippen LogP contribution is 2.26. The fraction of sp³-hybridized carbons (Fsp3) is 0.250. The molecule has 1 unspecified atom stereocenters. The maximum Gasteiger partial charge on any atom is 0.125 e. The standard InChI is InChI=1S/C16H15ClFN3/c1-11(12-5-8-19-9-6-12)21-15-10-13(18)2-3-14(15)20-16(21)4-7-17/h2-3,5-6,8-11H,4,7H2,1H3. The van der Waals surface area contributed by atoms with Gasteiger partial charge in [-0.2, -0.15) is 0 Å². The Kier molecular flexibility index (Phi) is 3.88. The van der Waals surface area contributed by atoms with Gasteiger partial charge in [0.15, 0.2) is 0 Å². The van der Waals surface area contributed by atoms with Crippen molar-refractivity contribution < 1.29 is 4.39 Å². The van der Waals surface area contributed by atoms with Crippen molar-refractivity contribution >= 4 is 22.6 Å². The van der Waals surface area contributed by atoms with E-state index in [9.17, 15) is 4.39 Å². The molecule has 3 aromatic rings. The summed E-state index contributed by atoms with van der Waals surface area (Å²) in [5.74, 6) is 1.09. The van der Waals surface area contributed by atoms with Gasteiger partial charge in [-0.3, -0.25) is 4.98 Å². The number of benzene rings is 1. The predicted octanol–water partition coefficient (Wildman–Crippen LogP) is 3.96. The first kappa shape index (κ1) is 14.0. The van der Waals surface area contributed by atoms with Crippen LogP contribution in [0.3, 0.4) is 0 Å². The summed E-state index contributed by atoms with van der Waals surface area (Å²) in [6.45, 7) is 2.07. The van der Waals surface area contributed by atoms with E-state index in [1.165, 1.54) is 12.1 Å². The SMILES string of the molecule is CC(c1ccncc1)n1c(CCCl)nc2ccc(F)cc21. The molecule has 0 fully saturated rings. The number of aromatic nitrogens is 3. The van der Waals surface area contributed by atoms with Gasteiger partial charge in [-0.05, 0) is 42.8 Å². The molecular weight excluding hydrogens is 289 g/mol. The van der Waals surface area contributed by atoms with Crippen molar-refractivity contribution in [3.8, 4) is 0 Å². The summed E-state index contributed by atoms with van der Waals surface area (Å²) in [5.41, 5.74) is 2.68. The second-order valence-corrected chi connectivity index (χ2v) is 5.30. The lowest BCUT2D eigenvalue weighted by Crippen LogP contribution is -2.11. The van der Waals surface area contributed by atoms with E-state index in [2.05, 4.69) is 21.5 Å². The average Bonchev–Trinajstić information content (AvgIpc) is 2.85. The van der Waals surface area contributed by atoms with Gasteiger partial charge in [0.2, 0.25) is 0 Å². The highest BCUT2D eigenvalue weighted by atomic mass is 35.5. The van der Waals surface area contributed by atoms with E-state index in [1.807, 2.05) is 12.1 Å². The van der Waals surface area contributed by atoms with Crippen molar-refractivity contribution in [2.75, 3.05) is 5.88 Å². The highest BCUT2D eigenvalue weighted by Gasteiger charge is 2.17. The summed E-state index contributed by atoms with van der Waals surface area (Å²) in [6, 6.07) is 8.62. The van der Waals surface area contributed by atoms with Gasteiger partial charge in [0.25, 0.3) is 0 Å². The minimum atomic E-state index is -0.261. The van der Waals surface area contributed by atoms with Crippen molar-refractivity contribution in [3.05, 3.63) is 59.9 Å². The first-order valence-electron chi connectivity index (χ1n) is 6.83. The molecule has 0 aliphatic heterocycles. The molecule has 0 aliphatic rings. The zero-order chi connectivity index (χ0) is 14.8. The molecular formula is C16H15ClFN3. The fourth-order valence-electron chi connectivity index (χ4n) is 2.60. The lowest BCUT2D eigenvalue weighted by atomic mass is 10.1. The molecule has 2 heterocycles. The van der Waals surface area contributed by atoms with Crippen molar-refractivity contribution in [1.29, 1.82) is 0 Å². The Balaban J connectivity index is 2.18. The van der Waals surface area contributed by atoms with Crippen LogP contribution in [0.2, 0.25) is 0 Å². The van der Waals surface area contributed by atoms with Gasteiger partial charge >= 0.3 is 0 Å². The first-order valence-corrected chi connectivity index (χ1v) is 7.36. The monoisotopic (exact) mass is 303 g/mol. The molecule has 0 aliphatic carbocycles. The van der Waals surface area contributed by atoms with Gasteiger partial charge in [-0.15, -0.1) is 11.6 Å². The molecule has 3 nitrogen and oxygen atoms in total. The summed E-state index contributed by atoms with van der Waals surface area (Å²) in [5, 5.41) is 0. The third-order valence-electron chi connectivity index (χ3n) is 3.62. The molecule has 0 saturated carbocycles. The van der Waals surface area contributed by atoms with Gasteiger partial charge in [0, 0.05) is 24.7 Å². The van der Waals surface area contributed by atoms with E-state index in [-0.39, 0.29) is 11.9 Å². The quantitative estimate of drug-likeness (QED) is 0.683. The average molecular weight is 304 g/mol. The summed E-state index contributed by atoms with van der Waals surface area (Å²) >= 11 is 5.88. The smallest absolute Gasteiger partial charge is 0.125 e. The number of aryl methyl sites for hydroxylation is 1. The Morgan fingerprint density at radius 2 is 2.00 bits per heavy atom. The summed E-state index contributed by atoms with van der Waals surface area (Å²) in [7, 11) is 0. The molecule has 3 rings (SSSR count). The number of imidazole rings is 1. The number of fused-ring (bicyclic) bond motifs is 1. The lowest BCUT2D eigenvalue weighted by molar-refractivity contribution is 0.612. The Hall–Kier alpha value is -1.94. The van der Waals surface area contributed by atoms with Crippen LogP contribution in [-0.2, 0) is 6.42 Å². The Morgan fingerprint density at radius 3 is 2.71 bits per heavy atom. The third kappa shape index (κ3) is 2.63. The van der Waals surface area contributed by atoms with Gasteiger partial charge in [-0.25, -0.2) is 9.37 Å². The molecule has 0 bridgehead atoms. The van der Waals surface area contributed by atoms with Crippen LogP contribution in [0, 0.1) is 5.82 Å². The minimum absolute atomic E-state index is 0.0398. The largest absolute Gasteiger partial charge is 0.321 e. The fourth-order valence-corrected chi connectivity index (χ4v) is 2.77. The molecule has 1 atom stereocenters. The highest BCUT2D eigenvalue weighted by molar-refractivity contribution is 6.17. The number of rotatable bonds is 4. The number of hydrogen-bond donors (Lipinski definition) is 0. The van der Waals surface area contributed by atoms with Crippen molar-refractivity contribution in [2.24, 2.45) is 0 Å². The van der Waals surface area contributed by atoms with E-state index >= 15 is 0 Å². The van der Waals surface area contributed by atoms with Crippen molar-refractivity contribution in [1.82, 2.24) is 14.5 Å². The normalized spacial score (nSPS) is 12.7. The topological polar surface area (TPSA) is 30.7 Å². The molecule has 0 spiro atoms. The molecule has 2 aromatic heterocycles. The Morgan fingerprint density at radius 1 is 1.24 bits per heavy atom.